The standard InChI is InChI=1S/C15H15N5O2/c1-3-16-15(22)11-9-13-18-10(2)8-14(21)20(13)19(11)12-6-4-5-7-17-12/h4-9H,3H2,1-2H3,(H,16,22). The van der Waals surface area contributed by atoms with Crippen LogP contribution in [0.25, 0.3) is 11.5 Å². The summed E-state index contributed by atoms with van der Waals surface area (Å²) in [7, 11) is 0. The predicted molar refractivity (Wildman–Crippen MR) is 81.3 cm³/mol. The molecule has 1 N–H and O–H groups in total. The monoisotopic (exact) mass is 297 g/mol. The molecule has 0 atom stereocenters. The number of aromatic nitrogens is 4. The van der Waals surface area contributed by atoms with Crippen LogP contribution in [0, 0.1) is 6.92 Å². The van der Waals surface area contributed by atoms with Crippen molar-refractivity contribution in [2.75, 3.05) is 6.54 Å². The van der Waals surface area contributed by atoms with Crippen molar-refractivity contribution in [3.8, 4) is 5.82 Å². The van der Waals surface area contributed by atoms with E-state index >= 15 is 0 Å². The Balaban J connectivity index is 2.37. The lowest BCUT2D eigenvalue weighted by Crippen LogP contribution is -2.28. The first-order chi connectivity index (χ1) is 10.6. The highest BCUT2D eigenvalue weighted by molar-refractivity contribution is 5.94. The maximum absolute atomic E-state index is 12.3. The third-order valence-corrected chi connectivity index (χ3v) is 3.18. The molecule has 22 heavy (non-hydrogen) atoms. The first-order valence-electron chi connectivity index (χ1n) is 6.94. The molecule has 0 aromatic carbocycles. The Morgan fingerprint density at radius 3 is 2.82 bits per heavy atom. The van der Waals surface area contributed by atoms with Crippen molar-refractivity contribution in [3.63, 3.8) is 0 Å². The maximum atomic E-state index is 12.3. The molecule has 0 aliphatic carbocycles. The highest BCUT2D eigenvalue weighted by Crippen LogP contribution is 2.13. The van der Waals surface area contributed by atoms with Gasteiger partial charge in [0.05, 0.1) is 0 Å². The van der Waals surface area contributed by atoms with Gasteiger partial charge in [0.25, 0.3) is 11.5 Å². The second-order valence-electron chi connectivity index (χ2n) is 4.79. The van der Waals surface area contributed by atoms with E-state index < -0.39 is 0 Å². The van der Waals surface area contributed by atoms with Crippen LogP contribution in [0.3, 0.4) is 0 Å². The van der Waals surface area contributed by atoms with Gasteiger partial charge in [-0.1, -0.05) is 6.07 Å². The van der Waals surface area contributed by atoms with Gasteiger partial charge in [0.15, 0.2) is 11.5 Å². The van der Waals surface area contributed by atoms with Crippen molar-refractivity contribution in [1.29, 1.82) is 0 Å². The molecule has 3 heterocycles. The fourth-order valence-electron chi connectivity index (χ4n) is 2.32. The maximum Gasteiger partial charge on any atom is 0.273 e. The molecule has 1 amide bonds. The van der Waals surface area contributed by atoms with E-state index in [2.05, 4.69) is 15.3 Å². The van der Waals surface area contributed by atoms with Crippen molar-refractivity contribution in [1.82, 2.24) is 24.5 Å². The molecule has 0 unspecified atom stereocenters. The van der Waals surface area contributed by atoms with E-state index in [1.165, 1.54) is 15.3 Å². The van der Waals surface area contributed by atoms with Crippen LogP contribution in [0.1, 0.15) is 23.1 Å². The number of pyridine rings is 1. The quantitative estimate of drug-likeness (QED) is 0.780. The first kappa shape index (κ1) is 14.0. The molecule has 0 spiro atoms. The summed E-state index contributed by atoms with van der Waals surface area (Å²) in [6.07, 6.45) is 1.61. The number of hydrogen-bond acceptors (Lipinski definition) is 4. The van der Waals surface area contributed by atoms with Crippen LogP contribution in [0.5, 0.6) is 0 Å². The summed E-state index contributed by atoms with van der Waals surface area (Å²) in [6.45, 7) is 4.06. The van der Waals surface area contributed by atoms with E-state index in [1.54, 1.807) is 37.4 Å². The van der Waals surface area contributed by atoms with Gasteiger partial charge in [0, 0.05) is 30.6 Å². The smallest absolute Gasteiger partial charge is 0.273 e. The van der Waals surface area contributed by atoms with Gasteiger partial charge < -0.3 is 5.32 Å². The molecule has 3 aromatic heterocycles. The fourth-order valence-corrected chi connectivity index (χ4v) is 2.32. The Labute approximate surface area is 126 Å². The SMILES string of the molecule is CCNC(=O)c1cc2nc(C)cc(=O)n2n1-c1ccccn1. The van der Waals surface area contributed by atoms with Crippen LogP contribution < -0.4 is 10.9 Å². The summed E-state index contributed by atoms with van der Waals surface area (Å²) in [5, 5.41) is 2.74. The van der Waals surface area contributed by atoms with E-state index in [0.717, 1.165) is 0 Å². The van der Waals surface area contributed by atoms with E-state index in [4.69, 9.17) is 0 Å². The van der Waals surface area contributed by atoms with Crippen LogP contribution in [0.15, 0.2) is 41.3 Å². The van der Waals surface area contributed by atoms with Crippen LogP contribution in [0.4, 0.5) is 0 Å². The van der Waals surface area contributed by atoms with Gasteiger partial charge in [-0.2, -0.15) is 4.52 Å². The van der Waals surface area contributed by atoms with Gasteiger partial charge in [-0.15, -0.1) is 0 Å². The number of hydrogen-bond donors (Lipinski definition) is 1. The lowest BCUT2D eigenvalue weighted by atomic mass is 10.3. The minimum Gasteiger partial charge on any atom is -0.351 e. The fraction of sp³-hybridized carbons (Fsp3) is 0.200. The van der Waals surface area contributed by atoms with Crippen LogP contribution in [-0.2, 0) is 0 Å². The highest BCUT2D eigenvalue weighted by atomic mass is 16.2. The molecular formula is C15H15N5O2. The molecule has 0 radical (unpaired) electrons. The number of aryl methyl sites for hydroxylation is 1. The number of carbonyl (C=O) groups excluding carboxylic acids is 1. The molecule has 7 nitrogen and oxygen atoms in total. The predicted octanol–water partition coefficient (Wildman–Crippen LogP) is 0.938. The molecule has 0 saturated carbocycles. The summed E-state index contributed by atoms with van der Waals surface area (Å²) >= 11 is 0. The second-order valence-corrected chi connectivity index (χ2v) is 4.79. The summed E-state index contributed by atoms with van der Waals surface area (Å²) in [5.41, 5.74) is 1.07. The van der Waals surface area contributed by atoms with Gasteiger partial charge >= 0.3 is 0 Å². The molecule has 7 heteroatoms. The van der Waals surface area contributed by atoms with Crippen molar-refractivity contribution >= 4 is 11.6 Å². The van der Waals surface area contributed by atoms with Crippen molar-refractivity contribution < 1.29 is 4.79 Å². The Morgan fingerprint density at radius 2 is 2.14 bits per heavy atom. The lowest BCUT2D eigenvalue weighted by Gasteiger charge is -2.09. The zero-order valence-corrected chi connectivity index (χ0v) is 12.3. The van der Waals surface area contributed by atoms with E-state index in [1.807, 2.05) is 6.92 Å². The molecule has 0 fully saturated rings. The Bertz CT molecular complexity index is 895. The summed E-state index contributed by atoms with van der Waals surface area (Å²) in [6, 6.07) is 8.31. The minimum absolute atomic E-state index is 0.260. The van der Waals surface area contributed by atoms with E-state index in [0.29, 0.717) is 29.4 Å². The van der Waals surface area contributed by atoms with Gasteiger partial charge in [0.1, 0.15) is 5.69 Å². The Morgan fingerprint density at radius 1 is 1.32 bits per heavy atom. The first-order valence-corrected chi connectivity index (χ1v) is 6.94. The average molecular weight is 297 g/mol. The topological polar surface area (TPSA) is 81.3 Å². The number of nitrogens with one attached hydrogen (secondary N) is 1. The van der Waals surface area contributed by atoms with Crippen molar-refractivity contribution in [2.45, 2.75) is 13.8 Å². The summed E-state index contributed by atoms with van der Waals surface area (Å²) in [4.78, 5) is 33.2. The molecular weight excluding hydrogens is 282 g/mol. The van der Waals surface area contributed by atoms with E-state index in [9.17, 15) is 9.59 Å². The van der Waals surface area contributed by atoms with Gasteiger partial charge in [-0.25, -0.2) is 14.6 Å². The summed E-state index contributed by atoms with van der Waals surface area (Å²) in [5.74, 6) is 0.196. The molecule has 0 saturated heterocycles. The zero-order valence-electron chi connectivity index (χ0n) is 12.3. The number of nitrogens with zero attached hydrogens (tertiary/aromatic N) is 4. The Kier molecular flexibility index (Phi) is 3.46. The van der Waals surface area contributed by atoms with Crippen molar-refractivity contribution in [3.05, 3.63) is 58.3 Å². The third kappa shape index (κ3) is 2.26. The van der Waals surface area contributed by atoms with Gasteiger partial charge in [-0.05, 0) is 26.0 Å². The molecule has 0 aliphatic rings. The number of amides is 1. The Hall–Kier alpha value is -2.96. The minimum atomic E-state index is -0.282. The average Bonchev–Trinajstić information content (AvgIpc) is 2.88. The zero-order chi connectivity index (χ0) is 15.7. The van der Waals surface area contributed by atoms with Crippen LogP contribution in [0.2, 0.25) is 0 Å². The largest absolute Gasteiger partial charge is 0.351 e. The second kappa shape index (κ2) is 5.44. The van der Waals surface area contributed by atoms with Gasteiger partial charge in [0.2, 0.25) is 0 Å². The third-order valence-electron chi connectivity index (χ3n) is 3.18. The van der Waals surface area contributed by atoms with Gasteiger partial charge in [-0.3, -0.25) is 9.59 Å². The highest BCUT2D eigenvalue weighted by Gasteiger charge is 2.19. The normalized spacial score (nSPS) is 10.8. The number of rotatable bonds is 3. The summed E-state index contributed by atoms with van der Waals surface area (Å²) < 4.78 is 2.83. The number of fused-ring (bicyclic) bond motifs is 1. The van der Waals surface area contributed by atoms with Crippen LogP contribution >= 0.6 is 0 Å². The molecule has 0 bridgehead atoms. The van der Waals surface area contributed by atoms with E-state index in [-0.39, 0.29) is 11.5 Å². The van der Waals surface area contributed by atoms with Crippen molar-refractivity contribution in [2.24, 2.45) is 0 Å². The molecule has 3 aromatic rings. The molecule has 0 aliphatic heterocycles. The van der Waals surface area contributed by atoms with Crippen LogP contribution in [-0.4, -0.2) is 31.6 Å². The number of carbonyl (C=O) groups is 1. The lowest BCUT2D eigenvalue weighted by molar-refractivity contribution is 0.0947. The molecule has 112 valence electrons. The molecule has 3 rings (SSSR count).